The van der Waals surface area contributed by atoms with E-state index in [0.717, 1.165) is 38.2 Å². The van der Waals surface area contributed by atoms with Gasteiger partial charge in [-0.1, -0.05) is 53.5 Å². The molecule has 0 saturated carbocycles. The summed E-state index contributed by atoms with van der Waals surface area (Å²) in [4.78, 5) is 20.1. The summed E-state index contributed by atoms with van der Waals surface area (Å²) < 4.78 is 0. The van der Waals surface area contributed by atoms with Crippen molar-refractivity contribution in [3.63, 3.8) is 0 Å². The molecule has 2 aliphatic rings. The quantitative estimate of drug-likeness (QED) is 0.733. The van der Waals surface area contributed by atoms with Crippen LogP contribution >= 0.6 is 23.2 Å². The zero-order valence-electron chi connectivity index (χ0n) is 16.9. The largest absolute Gasteiger partial charge is 0.337 e. The predicted molar refractivity (Wildman–Crippen MR) is 119 cm³/mol. The molecule has 1 aliphatic heterocycles. The van der Waals surface area contributed by atoms with Crippen molar-refractivity contribution in [3.05, 3.63) is 69.2 Å². The van der Waals surface area contributed by atoms with Crippen molar-refractivity contribution < 1.29 is 4.79 Å². The van der Waals surface area contributed by atoms with Crippen molar-refractivity contribution in [1.29, 1.82) is 0 Å². The Kier molecular flexibility index (Phi) is 6.16. The molecule has 154 valence electrons. The zero-order chi connectivity index (χ0) is 20.5. The van der Waals surface area contributed by atoms with Gasteiger partial charge in [0.2, 0.25) is 5.91 Å². The number of benzene rings is 2. The lowest BCUT2D eigenvalue weighted by atomic mass is 10.0. The summed E-state index contributed by atoms with van der Waals surface area (Å²) in [5.74, 6) is 0.101. The van der Waals surface area contributed by atoms with E-state index in [1.54, 1.807) is 12.1 Å². The second kappa shape index (κ2) is 8.65. The van der Waals surface area contributed by atoms with E-state index >= 15 is 0 Å². The minimum atomic E-state index is 0.0740. The summed E-state index contributed by atoms with van der Waals surface area (Å²) in [6, 6.07) is 14.4. The van der Waals surface area contributed by atoms with Crippen LogP contribution in [0.3, 0.4) is 0 Å². The number of carbonyl (C=O) groups excluding carboxylic acids is 1. The Bertz CT molecular complexity index is 895. The third kappa shape index (κ3) is 4.31. The summed E-state index contributed by atoms with van der Waals surface area (Å²) in [6.45, 7) is 4.22. The van der Waals surface area contributed by atoms with E-state index in [-0.39, 0.29) is 11.9 Å². The number of amides is 1. The SMILES string of the molecule is CN1CCN([C@@H]2Cc3ccccc3[C@H]2N(C)C(=O)Cc2ccc(Cl)c(Cl)c2)CC1. The second-order valence-electron chi connectivity index (χ2n) is 8.18. The first-order chi connectivity index (χ1) is 13.9. The molecule has 1 aliphatic carbocycles. The molecule has 1 fully saturated rings. The van der Waals surface area contributed by atoms with E-state index in [1.807, 2.05) is 18.0 Å². The first-order valence-electron chi connectivity index (χ1n) is 10.1. The molecule has 4 nitrogen and oxygen atoms in total. The van der Waals surface area contributed by atoms with Crippen LogP contribution in [-0.4, -0.2) is 66.9 Å². The smallest absolute Gasteiger partial charge is 0.227 e. The fourth-order valence-electron chi connectivity index (χ4n) is 4.61. The number of piperazine rings is 1. The molecule has 0 spiro atoms. The van der Waals surface area contributed by atoms with E-state index in [1.165, 1.54) is 11.1 Å². The molecule has 1 heterocycles. The van der Waals surface area contributed by atoms with Gasteiger partial charge in [0.15, 0.2) is 0 Å². The highest BCUT2D eigenvalue weighted by atomic mass is 35.5. The molecule has 2 atom stereocenters. The topological polar surface area (TPSA) is 26.8 Å². The van der Waals surface area contributed by atoms with Gasteiger partial charge in [0.05, 0.1) is 22.5 Å². The molecule has 0 aromatic heterocycles. The van der Waals surface area contributed by atoms with Gasteiger partial charge in [-0.25, -0.2) is 0 Å². The summed E-state index contributed by atoms with van der Waals surface area (Å²) in [5.41, 5.74) is 3.52. The van der Waals surface area contributed by atoms with E-state index in [0.29, 0.717) is 22.5 Å². The van der Waals surface area contributed by atoms with E-state index in [4.69, 9.17) is 23.2 Å². The molecular weight excluding hydrogens is 405 g/mol. The molecular formula is C23H27Cl2N3O. The van der Waals surface area contributed by atoms with Crippen LogP contribution in [0.2, 0.25) is 10.0 Å². The minimum Gasteiger partial charge on any atom is -0.337 e. The van der Waals surface area contributed by atoms with Crippen LogP contribution in [0.25, 0.3) is 0 Å². The highest BCUT2D eigenvalue weighted by molar-refractivity contribution is 6.42. The first-order valence-corrected chi connectivity index (χ1v) is 10.9. The van der Waals surface area contributed by atoms with Crippen LogP contribution in [0, 0.1) is 0 Å². The predicted octanol–water partition coefficient (Wildman–Crippen LogP) is 3.91. The highest BCUT2D eigenvalue weighted by Crippen LogP contribution is 2.38. The van der Waals surface area contributed by atoms with Crippen molar-refractivity contribution in [3.8, 4) is 0 Å². The summed E-state index contributed by atoms with van der Waals surface area (Å²) in [5, 5.41) is 0.997. The molecule has 1 amide bonds. The number of hydrogen-bond donors (Lipinski definition) is 0. The highest BCUT2D eigenvalue weighted by Gasteiger charge is 2.40. The second-order valence-corrected chi connectivity index (χ2v) is 9.00. The third-order valence-corrected chi connectivity index (χ3v) is 7.06. The van der Waals surface area contributed by atoms with Crippen LogP contribution < -0.4 is 0 Å². The van der Waals surface area contributed by atoms with Gasteiger partial charge >= 0.3 is 0 Å². The Hall–Kier alpha value is -1.59. The normalized spacial score (nSPS) is 22.5. The van der Waals surface area contributed by atoms with Gasteiger partial charge in [-0.3, -0.25) is 9.69 Å². The Morgan fingerprint density at radius 2 is 1.79 bits per heavy atom. The Balaban J connectivity index is 1.56. The van der Waals surface area contributed by atoms with Gasteiger partial charge in [-0.15, -0.1) is 0 Å². The van der Waals surface area contributed by atoms with Crippen molar-refractivity contribution in [1.82, 2.24) is 14.7 Å². The standard InChI is InChI=1S/C23H27Cl2N3O/c1-26-9-11-28(12-10-26)21-15-17-5-3-4-6-18(17)23(21)27(2)22(29)14-16-7-8-19(24)20(25)13-16/h3-8,13,21,23H,9-12,14-15H2,1-2H3/t21-,23-/m1/s1. The van der Waals surface area contributed by atoms with Crippen LogP contribution in [0.4, 0.5) is 0 Å². The molecule has 6 heteroatoms. The molecule has 1 saturated heterocycles. The lowest BCUT2D eigenvalue weighted by Gasteiger charge is -2.41. The number of nitrogens with zero attached hydrogens (tertiary/aromatic N) is 3. The Morgan fingerprint density at radius 1 is 1.07 bits per heavy atom. The molecule has 0 radical (unpaired) electrons. The number of halogens is 2. The fraction of sp³-hybridized carbons (Fsp3) is 0.435. The molecule has 2 aromatic rings. The Morgan fingerprint density at radius 3 is 2.52 bits per heavy atom. The fourth-order valence-corrected chi connectivity index (χ4v) is 4.93. The third-order valence-electron chi connectivity index (χ3n) is 6.32. The summed E-state index contributed by atoms with van der Waals surface area (Å²) in [7, 11) is 4.11. The van der Waals surface area contributed by atoms with Crippen molar-refractivity contribution >= 4 is 29.1 Å². The van der Waals surface area contributed by atoms with Crippen molar-refractivity contribution in [2.75, 3.05) is 40.3 Å². The number of likely N-dealkylation sites (N-methyl/N-ethyl adjacent to an activating group) is 2. The van der Waals surface area contributed by atoms with Crippen molar-refractivity contribution in [2.24, 2.45) is 0 Å². The number of rotatable bonds is 4. The first kappa shape index (κ1) is 20.7. The minimum absolute atomic E-state index is 0.0740. The monoisotopic (exact) mass is 431 g/mol. The maximum absolute atomic E-state index is 13.2. The summed E-state index contributed by atoms with van der Waals surface area (Å²) in [6.07, 6.45) is 1.32. The molecule has 0 N–H and O–H groups in total. The molecule has 29 heavy (non-hydrogen) atoms. The molecule has 0 bridgehead atoms. The van der Waals surface area contributed by atoms with Crippen molar-refractivity contribution in [2.45, 2.75) is 24.9 Å². The van der Waals surface area contributed by atoms with Gasteiger partial charge in [-0.05, 0) is 42.3 Å². The van der Waals surface area contributed by atoms with Crippen LogP contribution in [0.1, 0.15) is 22.7 Å². The van der Waals surface area contributed by atoms with E-state index < -0.39 is 0 Å². The zero-order valence-corrected chi connectivity index (χ0v) is 18.5. The van der Waals surface area contributed by atoms with Crippen LogP contribution in [0.5, 0.6) is 0 Å². The average molecular weight is 432 g/mol. The van der Waals surface area contributed by atoms with E-state index in [9.17, 15) is 4.79 Å². The molecule has 4 rings (SSSR count). The Labute approximate surface area is 183 Å². The maximum atomic E-state index is 13.2. The van der Waals surface area contributed by atoms with Gasteiger partial charge in [-0.2, -0.15) is 0 Å². The van der Waals surface area contributed by atoms with Gasteiger partial charge in [0, 0.05) is 39.3 Å². The summed E-state index contributed by atoms with van der Waals surface area (Å²) >= 11 is 12.2. The van der Waals surface area contributed by atoms with Gasteiger partial charge < -0.3 is 9.80 Å². The van der Waals surface area contributed by atoms with Gasteiger partial charge in [0.25, 0.3) is 0 Å². The molecule has 2 aromatic carbocycles. The van der Waals surface area contributed by atoms with Gasteiger partial charge in [0.1, 0.15) is 0 Å². The van der Waals surface area contributed by atoms with E-state index in [2.05, 4.69) is 41.1 Å². The number of carbonyl (C=O) groups is 1. The number of fused-ring (bicyclic) bond motifs is 1. The van der Waals surface area contributed by atoms with Crippen LogP contribution in [0.15, 0.2) is 42.5 Å². The molecule has 0 unspecified atom stereocenters. The van der Waals surface area contributed by atoms with Crippen LogP contribution in [-0.2, 0) is 17.6 Å². The lowest BCUT2D eigenvalue weighted by Crippen LogP contribution is -2.53. The maximum Gasteiger partial charge on any atom is 0.227 e. The lowest BCUT2D eigenvalue weighted by molar-refractivity contribution is -0.132. The number of hydrogen-bond acceptors (Lipinski definition) is 3. The average Bonchev–Trinajstić information content (AvgIpc) is 3.10.